The van der Waals surface area contributed by atoms with Gasteiger partial charge in [-0.25, -0.2) is 9.13 Å². The Labute approximate surface area is 594 Å². The molecule has 0 aliphatic heterocycles. The number of carbonyl (C=O) groups excluding carboxylic acids is 4. The summed E-state index contributed by atoms with van der Waals surface area (Å²) in [7, 11) is -9.92. The van der Waals surface area contributed by atoms with Crippen molar-refractivity contribution in [1.29, 1.82) is 0 Å². The van der Waals surface area contributed by atoms with E-state index < -0.39 is 97.5 Å². The van der Waals surface area contributed by atoms with Crippen LogP contribution >= 0.6 is 15.6 Å². The molecule has 0 rings (SSSR count). The molecule has 0 fully saturated rings. The van der Waals surface area contributed by atoms with Crippen LogP contribution in [-0.2, 0) is 65.4 Å². The highest BCUT2D eigenvalue weighted by Crippen LogP contribution is 2.45. The van der Waals surface area contributed by atoms with Crippen LogP contribution in [0.25, 0.3) is 0 Å². The molecule has 0 bridgehead atoms. The van der Waals surface area contributed by atoms with Gasteiger partial charge in [-0.2, -0.15) is 0 Å². The molecule has 17 nitrogen and oxygen atoms in total. The second kappa shape index (κ2) is 67.2. The van der Waals surface area contributed by atoms with E-state index in [1.165, 1.54) is 193 Å². The van der Waals surface area contributed by atoms with Gasteiger partial charge in [0.2, 0.25) is 0 Å². The average molecular weight is 1420 g/mol. The first-order valence-corrected chi connectivity index (χ1v) is 43.2. The first kappa shape index (κ1) is 95.1. The Morgan fingerprint density at radius 3 is 0.639 bits per heavy atom. The van der Waals surface area contributed by atoms with Crippen LogP contribution < -0.4 is 0 Å². The Balaban J connectivity index is 5.21. The van der Waals surface area contributed by atoms with Crippen LogP contribution in [0.15, 0.2) is 0 Å². The second-order valence-electron chi connectivity index (χ2n) is 30.0. The summed E-state index contributed by atoms with van der Waals surface area (Å²) >= 11 is 0. The van der Waals surface area contributed by atoms with Crippen molar-refractivity contribution in [1.82, 2.24) is 0 Å². The van der Waals surface area contributed by atoms with Gasteiger partial charge < -0.3 is 33.8 Å². The first-order chi connectivity index (χ1) is 46.6. The van der Waals surface area contributed by atoms with Gasteiger partial charge in [-0.3, -0.25) is 37.3 Å². The zero-order chi connectivity index (χ0) is 71.7. The Kier molecular flexibility index (Phi) is 65.9. The Morgan fingerprint density at radius 1 is 0.258 bits per heavy atom. The minimum atomic E-state index is -4.96. The number of esters is 4. The zero-order valence-corrected chi connectivity index (χ0v) is 65.5. The third-order valence-corrected chi connectivity index (χ3v) is 20.0. The van der Waals surface area contributed by atoms with Crippen molar-refractivity contribution in [3.05, 3.63) is 0 Å². The molecular formula is C78H152O17P2. The van der Waals surface area contributed by atoms with E-state index >= 15 is 0 Å². The molecule has 0 aliphatic rings. The van der Waals surface area contributed by atoms with Crippen LogP contribution in [0.4, 0.5) is 0 Å². The molecule has 0 aliphatic carbocycles. The van der Waals surface area contributed by atoms with Crippen LogP contribution in [0.5, 0.6) is 0 Å². The fourth-order valence-electron chi connectivity index (χ4n) is 11.9. The number of rotatable bonds is 75. The molecule has 0 heterocycles. The summed E-state index contributed by atoms with van der Waals surface area (Å²) in [6.07, 6.45) is 52.9. The molecule has 0 saturated carbocycles. The summed E-state index contributed by atoms with van der Waals surface area (Å²) in [5.74, 6) is 0.914. The fraction of sp³-hybridized carbons (Fsp3) is 0.949. The van der Waals surface area contributed by atoms with Gasteiger partial charge in [0.05, 0.1) is 26.4 Å². The molecule has 0 amide bonds. The van der Waals surface area contributed by atoms with Crippen molar-refractivity contribution in [2.75, 3.05) is 39.6 Å². The van der Waals surface area contributed by atoms with Crippen LogP contribution in [0, 0.1) is 23.7 Å². The quantitative estimate of drug-likeness (QED) is 0.0222. The van der Waals surface area contributed by atoms with Crippen molar-refractivity contribution in [3.8, 4) is 0 Å². The Bertz CT molecular complexity index is 1900. The van der Waals surface area contributed by atoms with Crippen molar-refractivity contribution in [3.63, 3.8) is 0 Å². The summed E-state index contributed by atoms with van der Waals surface area (Å²) in [6.45, 7) is 14.2. The lowest BCUT2D eigenvalue weighted by Crippen LogP contribution is -2.30. The molecule has 3 unspecified atom stereocenters. The summed E-state index contributed by atoms with van der Waals surface area (Å²) in [5.41, 5.74) is 0. The topological polar surface area (TPSA) is 237 Å². The highest BCUT2D eigenvalue weighted by atomic mass is 31.2. The maximum Gasteiger partial charge on any atom is 0.472 e. The van der Waals surface area contributed by atoms with Gasteiger partial charge in [-0.15, -0.1) is 0 Å². The Hall–Kier alpha value is -1.94. The van der Waals surface area contributed by atoms with Gasteiger partial charge in [-0.05, 0) is 49.4 Å². The Morgan fingerprint density at radius 2 is 0.433 bits per heavy atom. The van der Waals surface area contributed by atoms with E-state index in [4.69, 9.17) is 37.0 Å². The third-order valence-electron chi connectivity index (χ3n) is 18.1. The van der Waals surface area contributed by atoms with Gasteiger partial charge in [0.25, 0.3) is 0 Å². The van der Waals surface area contributed by atoms with E-state index in [9.17, 15) is 43.2 Å². The monoisotopic (exact) mass is 1420 g/mol. The summed E-state index contributed by atoms with van der Waals surface area (Å²) in [5, 5.41) is 10.6. The van der Waals surface area contributed by atoms with Crippen molar-refractivity contribution < 1.29 is 80.2 Å². The molecule has 97 heavy (non-hydrogen) atoms. The minimum absolute atomic E-state index is 0.106. The normalized spacial score (nSPS) is 14.1. The highest BCUT2D eigenvalue weighted by molar-refractivity contribution is 7.47. The average Bonchev–Trinajstić information content (AvgIpc) is 1.01. The standard InChI is InChI=1S/C78H152O17P2/c1-68(2)54-46-38-30-24-18-14-11-9-10-12-16-20-28-34-44-52-60-78(83)95-74(65-89-76(81)59-51-43-37-36-41-49-57-71(7)8)67-93-97(86,87)91-63-72(79)62-90-96(84,85)92-66-73(64-88-75(80)58-50-42-33-27-23-22-26-32-40-48-56-70(5)6)94-77(82)61-53-45-35-29-21-17-13-15-19-25-31-39-47-55-69(3)4/h68-74,79H,9-67H2,1-8H3,(H,84,85)(H,86,87)/t72?,73-,74-/m1/s1. The lowest BCUT2D eigenvalue weighted by Gasteiger charge is -2.21. The van der Waals surface area contributed by atoms with Crippen LogP contribution in [-0.4, -0.2) is 96.7 Å². The zero-order valence-electron chi connectivity index (χ0n) is 63.7. The van der Waals surface area contributed by atoms with Crippen LogP contribution in [0.3, 0.4) is 0 Å². The number of hydrogen-bond acceptors (Lipinski definition) is 15. The molecule has 19 heteroatoms. The summed E-state index contributed by atoms with van der Waals surface area (Å²) in [4.78, 5) is 72.9. The van der Waals surface area contributed by atoms with Gasteiger partial charge in [0, 0.05) is 25.7 Å². The minimum Gasteiger partial charge on any atom is -0.462 e. The number of carbonyl (C=O) groups is 4. The fourth-order valence-corrected chi connectivity index (χ4v) is 13.5. The van der Waals surface area contributed by atoms with E-state index in [-0.39, 0.29) is 25.7 Å². The van der Waals surface area contributed by atoms with Crippen LogP contribution in [0.2, 0.25) is 0 Å². The molecule has 0 aromatic heterocycles. The molecule has 0 saturated heterocycles. The van der Waals surface area contributed by atoms with E-state index in [1.54, 1.807) is 0 Å². The smallest absolute Gasteiger partial charge is 0.462 e. The molecule has 0 aromatic rings. The number of ether oxygens (including phenoxy) is 4. The van der Waals surface area contributed by atoms with E-state index in [1.807, 2.05) is 0 Å². The number of phosphoric ester groups is 2. The maximum atomic E-state index is 13.1. The number of hydrogen-bond donors (Lipinski definition) is 3. The summed E-state index contributed by atoms with van der Waals surface area (Å²) < 4.78 is 68.6. The molecule has 3 N–H and O–H groups in total. The number of unbranched alkanes of at least 4 members (excludes halogenated alkanes) is 41. The molecule has 0 aromatic carbocycles. The largest absolute Gasteiger partial charge is 0.472 e. The molecule has 0 radical (unpaired) electrons. The molecule has 576 valence electrons. The van der Waals surface area contributed by atoms with Crippen molar-refractivity contribution in [2.24, 2.45) is 23.7 Å². The third kappa shape index (κ3) is 72.2. The van der Waals surface area contributed by atoms with Crippen molar-refractivity contribution in [2.45, 2.75) is 414 Å². The first-order valence-electron chi connectivity index (χ1n) is 40.2. The second-order valence-corrected chi connectivity index (χ2v) is 32.9. The molecular weight excluding hydrogens is 1270 g/mol. The maximum absolute atomic E-state index is 13.1. The van der Waals surface area contributed by atoms with Gasteiger partial charge in [0.1, 0.15) is 19.3 Å². The van der Waals surface area contributed by atoms with Gasteiger partial charge >= 0.3 is 39.5 Å². The summed E-state index contributed by atoms with van der Waals surface area (Å²) in [6, 6.07) is 0. The SMILES string of the molecule is CC(C)CCCCCCCCCCCCCCCCCCC(=O)O[C@H](COC(=O)CCCCCCCCC(C)C)COP(=O)(O)OCC(O)COP(=O)(O)OC[C@@H](COC(=O)CCCCCCCCCCCCC(C)C)OC(=O)CCCCCCCCCCCCCCCC(C)C. The van der Waals surface area contributed by atoms with Gasteiger partial charge in [-0.1, -0.05) is 344 Å². The van der Waals surface area contributed by atoms with E-state index in [2.05, 4.69) is 55.4 Å². The van der Waals surface area contributed by atoms with E-state index in [0.29, 0.717) is 31.6 Å². The predicted octanol–water partition coefficient (Wildman–Crippen LogP) is 22.8. The number of aliphatic hydroxyl groups is 1. The number of phosphoric acid groups is 2. The van der Waals surface area contributed by atoms with Crippen LogP contribution in [0.1, 0.15) is 396 Å². The van der Waals surface area contributed by atoms with Gasteiger partial charge in [0.15, 0.2) is 12.2 Å². The number of aliphatic hydroxyl groups excluding tert-OH is 1. The molecule has 0 spiro atoms. The van der Waals surface area contributed by atoms with E-state index in [0.717, 1.165) is 114 Å². The lowest BCUT2D eigenvalue weighted by molar-refractivity contribution is -0.161. The predicted molar refractivity (Wildman–Crippen MR) is 395 cm³/mol. The lowest BCUT2D eigenvalue weighted by atomic mass is 10.0. The highest BCUT2D eigenvalue weighted by Gasteiger charge is 2.30. The molecule has 5 atom stereocenters. The van der Waals surface area contributed by atoms with Crippen molar-refractivity contribution >= 4 is 39.5 Å².